The summed E-state index contributed by atoms with van der Waals surface area (Å²) in [5.41, 5.74) is 0.894. The van der Waals surface area contributed by atoms with Crippen LogP contribution < -0.4 is 9.64 Å². The Balaban J connectivity index is 2.10. The van der Waals surface area contributed by atoms with Gasteiger partial charge in [0.15, 0.2) is 5.82 Å². The summed E-state index contributed by atoms with van der Waals surface area (Å²) < 4.78 is 5.20. The minimum atomic E-state index is -0.255. The van der Waals surface area contributed by atoms with Crippen molar-refractivity contribution in [3.8, 4) is 5.75 Å². The molecule has 3 aromatic rings. The lowest BCUT2D eigenvalue weighted by atomic mass is 10.1. The molecule has 1 aromatic carbocycles. The molecule has 0 aliphatic carbocycles. The molecule has 0 saturated heterocycles. The Labute approximate surface area is 132 Å². The second kappa shape index (κ2) is 5.82. The average Bonchev–Trinajstić information content (AvgIpc) is 2.94. The normalized spacial score (nSPS) is 10.9. The van der Waals surface area contributed by atoms with E-state index in [1.165, 1.54) is 0 Å². The fraction of sp³-hybridized carbons (Fsp3) is 0.200. The van der Waals surface area contributed by atoms with E-state index < -0.39 is 0 Å². The molecule has 7 heteroatoms. The van der Waals surface area contributed by atoms with E-state index in [1.807, 2.05) is 37.3 Å². The van der Waals surface area contributed by atoms with Crippen molar-refractivity contribution in [2.45, 2.75) is 6.92 Å². The number of aromatic amines is 1. The summed E-state index contributed by atoms with van der Waals surface area (Å²) in [4.78, 5) is 5.92. The first-order valence-electron chi connectivity index (χ1n) is 6.67. The van der Waals surface area contributed by atoms with Crippen LogP contribution in [0.3, 0.4) is 0 Å². The highest BCUT2D eigenvalue weighted by atomic mass is 35.5. The van der Waals surface area contributed by atoms with Crippen molar-refractivity contribution in [2.75, 3.05) is 18.7 Å². The number of aromatic nitrogens is 3. The zero-order chi connectivity index (χ0) is 15.7. The number of ether oxygens (including phenoxy) is 1. The first kappa shape index (κ1) is 14.6. The number of aryl methyl sites for hydroxylation is 1. The molecular weight excluding hydrogens is 304 g/mol. The topological polar surface area (TPSA) is 74.3 Å². The van der Waals surface area contributed by atoms with E-state index >= 15 is 0 Å². The minimum Gasteiger partial charge on any atom is -0.497 e. The predicted molar refractivity (Wildman–Crippen MR) is 85.9 cm³/mol. The molecule has 114 valence electrons. The van der Waals surface area contributed by atoms with Gasteiger partial charge in [-0.2, -0.15) is 5.10 Å². The standard InChI is InChI=1S/C15H15ClN4O2/c1-9-5-14(19-18-9)20(8-21)13-6-10-3-4-11(22-2)7-12(10)15(16)17-13/h3-7,21H,8H2,1-2H3,(H,18,19). The van der Waals surface area contributed by atoms with E-state index in [1.54, 1.807) is 12.0 Å². The molecule has 2 heterocycles. The quantitative estimate of drug-likeness (QED) is 0.571. The second-order valence-corrected chi connectivity index (χ2v) is 5.19. The average molecular weight is 319 g/mol. The first-order chi connectivity index (χ1) is 10.6. The molecule has 3 rings (SSSR count). The third kappa shape index (κ3) is 2.58. The van der Waals surface area contributed by atoms with Crippen LogP contribution in [0.5, 0.6) is 5.75 Å². The summed E-state index contributed by atoms with van der Waals surface area (Å²) in [6.45, 7) is 1.63. The predicted octanol–water partition coefficient (Wildman–Crippen LogP) is 3.02. The molecule has 0 spiro atoms. The first-order valence-corrected chi connectivity index (χ1v) is 7.05. The van der Waals surface area contributed by atoms with Crippen molar-refractivity contribution >= 4 is 34.0 Å². The molecule has 0 saturated carbocycles. The van der Waals surface area contributed by atoms with Gasteiger partial charge in [0.05, 0.1) is 7.11 Å². The van der Waals surface area contributed by atoms with Crippen LogP contribution >= 0.6 is 11.6 Å². The van der Waals surface area contributed by atoms with Crippen LogP contribution in [0.1, 0.15) is 5.69 Å². The van der Waals surface area contributed by atoms with Crippen molar-refractivity contribution in [3.05, 3.63) is 41.2 Å². The van der Waals surface area contributed by atoms with E-state index in [4.69, 9.17) is 16.3 Å². The van der Waals surface area contributed by atoms with Crippen LogP contribution in [-0.4, -0.2) is 34.1 Å². The Morgan fingerprint density at radius 2 is 2.09 bits per heavy atom. The van der Waals surface area contributed by atoms with Gasteiger partial charge >= 0.3 is 0 Å². The van der Waals surface area contributed by atoms with Gasteiger partial charge in [0.1, 0.15) is 23.5 Å². The van der Waals surface area contributed by atoms with E-state index in [0.29, 0.717) is 22.5 Å². The molecule has 0 bridgehead atoms. The molecule has 22 heavy (non-hydrogen) atoms. The second-order valence-electron chi connectivity index (χ2n) is 4.84. The molecule has 0 unspecified atom stereocenters. The van der Waals surface area contributed by atoms with Crippen LogP contribution in [0.15, 0.2) is 30.3 Å². The SMILES string of the molecule is COc1ccc2cc(N(CO)c3cc(C)[nH]n3)nc(Cl)c2c1. The number of benzene rings is 1. The lowest BCUT2D eigenvalue weighted by molar-refractivity contribution is 0.303. The maximum Gasteiger partial charge on any atom is 0.158 e. The Hall–Kier alpha value is -2.31. The fourth-order valence-electron chi connectivity index (χ4n) is 2.24. The zero-order valence-electron chi connectivity index (χ0n) is 12.2. The van der Waals surface area contributed by atoms with Crippen molar-refractivity contribution in [1.82, 2.24) is 15.2 Å². The van der Waals surface area contributed by atoms with E-state index in [9.17, 15) is 5.11 Å². The number of nitrogens with one attached hydrogen (secondary N) is 1. The van der Waals surface area contributed by atoms with Crippen LogP contribution in [0.2, 0.25) is 5.15 Å². The van der Waals surface area contributed by atoms with Crippen LogP contribution in [0, 0.1) is 6.92 Å². The number of nitrogens with zero attached hydrogens (tertiary/aromatic N) is 3. The molecular formula is C15H15ClN4O2. The number of aliphatic hydroxyl groups is 1. The maximum atomic E-state index is 9.66. The van der Waals surface area contributed by atoms with Crippen molar-refractivity contribution in [3.63, 3.8) is 0 Å². The van der Waals surface area contributed by atoms with Crippen molar-refractivity contribution in [1.29, 1.82) is 0 Å². The number of rotatable bonds is 4. The van der Waals surface area contributed by atoms with E-state index in [0.717, 1.165) is 16.5 Å². The molecule has 6 nitrogen and oxygen atoms in total. The van der Waals surface area contributed by atoms with Gasteiger partial charge in [-0.05, 0) is 30.5 Å². The fourth-order valence-corrected chi connectivity index (χ4v) is 2.49. The number of hydrogen-bond acceptors (Lipinski definition) is 5. The lowest BCUT2D eigenvalue weighted by Crippen LogP contribution is -2.19. The number of aliphatic hydroxyl groups excluding tert-OH is 1. The third-order valence-electron chi connectivity index (χ3n) is 3.37. The highest BCUT2D eigenvalue weighted by molar-refractivity contribution is 6.34. The van der Waals surface area contributed by atoms with Gasteiger partial charge in [-0.25, -0.2) is 4.98 Å². The molecule has 0 aliphatic rings. The summed E-state index contributed by atoms with van der Waals surface area (Å²) in [7, 11) is 1.60. The van der Waals surface area contributed by atoms with Gasteiger partial charge in [-0.1, -0.05) is 17.7 Å². The maximum absolute atomic E-state index is 9.66. The highest BCUT2D eigenvalue weighted by Gasteiger charge is 2.15. The highest BCUT2D eigenvalue weighted by Crippen LogP contribution is 2.31. The van der Waals surface area contributed by atoms with Gasteiger partial charge in [0, 0.05) is 17.1 Å². The van der Waals surface area contributed by atoms with Crippen LogP contribution in [0.4, 0.5) is 11.6 Å². The molecule has 2 aromatic heterocycles. The van der Waals surface area contributed by atoms with Gasteiger partial charge in [-0.3, -0.25) is 10.00 Å². The van der Waals surface area contributed by atoms with Gasteiger partial charge < -0.3 is 9.84 Å². The molecule has 0 fully saturated rings. The number of pyridine rings is 1. The Bertz CT molecular complexity index is 818. The van der Waals surface area contributed by atoms with Gasteiger partial charge in [-0.15, -0.1) is 0 Å². The molecule has 0 amide bonds. The number of halogens is 1. The Kier molecular flexibility index (Phi) is 3.87. The molecule has 2 N–H and O–H groups in total. The molecule has 0 radical (unpaired) electrons. The lowest BCUT2D eigenvalue weighted by Gasteiger charge is -2.19. The number of anilines is 2. The Morgan fingerprint density at radius 1 is 1.27 bits per heavy atom. The smallest absolute Gasteiger partial charge is 0.158 e. The molecule has 0 atom stereocenters. The number of fused-ring (bicyclic) bond motifs is 1. The largest absolute Gasteiger partial charge is 0.497 e. The van der Waals surface area contributed by atoms with Gasteiger partial charge in [0.25, 0.3) is 0 Å². The van der Waals surface area contributed by atoms with Crippen molar-refractivity contribution in [2.24, 2.45) is 0 Å². The van der Waals surface area contributed by atoms with Crippen LogP contribution in [-0.2, 0) is 0 Å². The van der Waals surface area contributed by atoms with Crippen LogP contribution in [0.25, 0.3) is 10.8 Å². The summed E-state index contributed by atoms with van der Waals surface area (Å²) in [5, 5.41) is 18.7. The summed E-state index contributed by atoms with van der Waals surface area (Å²) in [6.07, 6.45) is 0. The minimum absolute atomic E-state index is 0.255. The summed E-state index contributed by atoms with van der Waals surface area (Å²) in [5.74, 6) is 1.82. The van der Waals surface area contributed by atoms with E-state index in [-0.39, 0.29) is 6.73 Å². The van der Waals surface area contributed by atoms with Gasteiger partial charge in [0.2, 0.25) is 0 Å². The number of H-pyrrole nitrogens is 1. The third-order valence-corrected chi connectivity index (χ3v) is 3.66. The summed E-state index contributed by atoms with van der Waals surface area (Å²) >= 11 is 6.28. The van der Waals surface area contributed by atoms with Crippen molar-refractivity contribution < 1.29 is 9.84 Å². The zero-order valence-corrected chi connectivity index (χ0v) is 12.9. The number of hydrogen-bond donors (Lipinski definition) is 2. The Morgan fingerprint density at radius 3 is 2.73 bits per heavy atom. The molecule has 0 aliphatic heterocycles. The summed E-state index contributed by atoms with van der Waals surface area (Å²) in [6, 6.07) is 9.25. The number of methoxy groups -OCH3 is 1. The monoisotopic (exact) mass is 318 g/mol. The van der Waals surface area contributed by atoms with E-state index in [2.05, 4.69) is 15.2 Å².